The monoisotopic (exact) mass is 469 g/mol. The number of carbonyl (C=O) groups excluding carboxylic acids is 2. The van der Waals surface area contributed by atoms with Gasteiger partial charge in [0.15, 0.2) is 12.4 Å². The van der Waals surface area contributed by atoms with Crippen molar-refractivity contribution in [1.82, 2.24) is 0 Å². The molecule has 0 N–H and O–H groups in total. The van der Waals surface area contributed by atoms with Crippen LogP contribution in [-0.4, -0.2) is 38.7 Å². The molecule has 3 aromatic rings. The van der Waals surface area contributed by atoms with Crippen molar-refractivity contribution in [3.05, 3.63) is 59.0 Å². The molecule has 1 amide bonds. The average Bonchev–Trinajstić information content (AvgIpc) is 3.15. The molecule has 1 aromatic heterocycles. The number of thioether (sulfide) groups is 1. The van der Waals surface area contributed by atoms with Crippen LogP contribution in [0.15, 0.2) is 47.8 Å². The lowest BCUT2D eigenvalue weighted by molar-refractivity contribution is -0.121. The van der Waals surface area contributed by atoms with E-state index in [1.165, 1.54) is 15.6 Å². The van der Waals surface area contributed by atoms with Gasteiger partial charge >= 0.3 is 0 Å². The molecule has 162 valence electrons. The maximum Gasteiger partial charge on any atom is 0.265 e. The average molecular weight is 470 g/mol. The van der Waals surface area contributed by atoms with E-state index in [0.717, 1.165) is 17.5 Å². The first-order valence-corrected chi connectivity index (χ1v) is 16.2. The Balaban J connectivity index is 1.44. The van der Waals surface area contributed by atoms with Crippen LogP contribution < -0.4 is 9.64 Å². The zero-order chi connectivity index (χ0) is 22.0. The van der Waals surface area contributed by atoms with E-state index in [2.05, 4.69) is 49.3 Å². The molecule has 4 nitrogen and oxygen atoms in total. The van der Waals surface area contributed by atoms with Crippen LogP contribution in [0.5, 0.6) is 5.75 Å². The second kappa shape index (κ2) is 9.18. The molecular weight excluding hydrogens is 442 g/mol. The van der Waals surface area contributed by atoms with Gasteiger partial charge in [-0.05, 0) is 46.6 Å². The molecule has 0 unspecified atom stereocenters. The summed E-state index contributed by atoms with van der Waals surface area (Å²) in [7, 11) is -1.30. The highest BCUT2D eigenvalue weighted by molar-refractivity contribution is 7.99. The molecule has 2 heterocycles. The minimum atomic E-state index is -1.30. The number of ketones is 1. The van der Waals surface area contributed by atoms with Crippen LogP contribution in [0.25, 0.3) is 10.1 Å². The minimum absolute atomic E-state index is 0.0333. The Hall–Kier alpha value is -2.09. The van der Waals surface area contributed by atoms with Crippen molar-refractivity contribution < 1.29 is 14.3 Å². The number of thiophene rings is 1. The predicted octanol–water partition coefficient (Wildman–Crippen LogP) is 6.08. The molecular formula is C24H27NO3S2Si. The Bertz CT molecular complexity index is 1120. The molecule has 0 fully saturated rings. The molecule has 0 atom stereocenters. The fourth-order valence-corrected chi connectivity index (χ4v) is 6.43. The number of benzene rings is 2. The Labute approximate surface area is 192 Å². The van der Waals surface area contributed by atoms with Crippen molar-refractivity contribution in [3.8, 4) is 5.75 Å². The van der Waals surface area contributed by atoms with Crippen molar-refractivity contribution in [3.63, 3.8) is 0 Å². The van der Waals surface area contributed by atoms with Crippen molar-refractivity contribution in [2.75, 3.05) is 23.8 Å². The van der Waals surface area contributed by atoms with Gasteiger partial charge in [0.2, 0.25) is 0 Å². The van der Waals surface area contributed by atoms with Crippen LogP contribution in [-0.2, 0) is 10.5 Å². The lowest BCUT2D eigenvalue weighted by Crippen LogP contribution is -2.41. The third-order valence-electron chi connectivity index (χ3n) is 5.36. The van der Waals surface area contributed by atoms with Crippen molar-refractivity contribution >= 4 is 58.6 Å². The normalized spacial score (nSPS) is 13.9. The second-order valence-electron chi connectivity index (χ2n) is 9.00. The van der Waals surface area contributed by atoms with E-state index in [-0.39, 0.29) is 18.3 Å². The summed E-state index contributed by atoms with van der Waals surface area (Å²) in [5, 5.41) is 3.45. The predicted molar refractivity (Wildman–Crippen MR) is 135 cm³/mol. The standard InChI is InChI=1S/C24H27NO3S2Si/c1-31(2,3)11-10-25-20-12-17(8-9-22(20)28-13-24(25)27)21(26)16-29-14-18-15-30-23-7-5-4-6-19(18)23/h4-9,12,15H,10-11,13-14,16H2,1-3H3. The number of carbonyl (C=O) groups is 2. The number of rotatable bonds is 8. The number of Topliss-reactive ketones (excluding diaryl/α,β-unsaturated/α-hetero) is 1. The van der Waals surface area contributed by atoms with E-state index in [0.29, 0.717) is 23.6 Å². The van der Waals surface area contributed by atoms with Crippen LogP contribution >= 0.6 is 23.1 Å². The molecule has 0 radical (unpaired) electrons. The summed E-state index contributed by atoms with van der Waals surface area (Å²) in [6.45, 7) is 7.64. The highest BCUT2D eigenvalue weighted by Crippen LogP contribution is 2.34. The fourth-order valence-electron chi connectivity index (χ4n) is 3.55. The van der Waals surface area contributed by atoms with E-state index in [9.17, 15) is 9.59 Å². The second-order valence-corrected chi connectivity index (χ2v) is 16.5. The Kier molecular flexibility index (Phi) is 6.55. The molecule has 0 bridgehead atoms. The number of nitrogens with zero attached hydrogens (tertiary/aromatic N) is 1. The zero-order valence-corrected chi connectivity index (χ0v) is 20.8. The maximum atomic E-state index is 12.9. The van der Waals surface area contributed by atoms with Crippen LogP contribution in [0.2, 0.25) is 25.7 Å². The van der Waals surface area contributed by atoms with Crippen LogP contribution in [0.1, 0.15) is 15.9 Å². The molecule has 7 heteroatoms. The van der Waals surface area contributed by atoms with Crippen LogP contribution in [0.3, 0.4) is 0 Å². The third-order valence-corrected chi connectivity index (χ3v) is 9.08. The highest BCUT2D eigenvalue weighted by Gasteiger charge is 2.28. The molecule has 0 saturated carbocycles. The first-order chi connectivity index (χ1) is 14.8. The first kappa shape index (κ1) is 22.1. The summed E-state index contributed by atoms with van der Waals surface area (Å²) in [6, 6.07) is 14.9. The summed E-state index contributed by atoms with van der Waals surface area (Å²) in [5.74, 6) is 1.95. The number of ether oxygens (including phenoxy) is 1. The van der Waals surface area contributed by atoms with Crippen molar-refractivity contribution in [1.29, 1.82) is 0 Å². The van der Waals surface area contributed by atoms with Gasteiger partial charge in [-0.25, -0.2) is 0 Å². The fraction of sp³-hybridized carbons (Fsp3) is 0.333. The number of amides is 1. The van der Waals surface area contributed by atoms with Gasteiger partial charge in [0.05, 0.1) is 11.4 Å². The topological polar surface area (TPSA) is 46.6 Å². The molecule has 4 rings (SSSR count). The van der Waals surface area contributed by atoms with Gasteiger partial charge < -0.3 is 9.64 Å². The molecule has 1 aliphatic heterocycles. The van der Waals surface area contributed by atoms with Gasteiger partial charge in [-0.2, -0.15) is 0 Å². The summed E-state index contributed by atoms with van der Waals surface area (Å²) in [4.78, 5) is 27.2. The van der Waals surface area contributed by atoms with E-state index in [1.54, 1.807) is 28.0 Å². The van der Waals surface area contributed by atoms with Gasteiger partial charge in [-0.1, -0.05) is 37.8 Å². The van der Waals surface area contributed by atoms with E-state index in [1.807, 2.05) is 18.2 Å². The van der Waals surface area contributed by atoms with Gasteiger partial charge in [0, 0.05) is 30.6 Å². The molecule has 0 aliphatic carbocycles. The number of fused-ring (bicyclic) bond motifs is 2. The SMILES string of the molecule is C[Si](C)(C)CCN1C(=O)COc2ccc(C(=O)CSCc3csc4ccccc34)cc21. The largest absolute Gasteiger partial charge is 0.482 e. The van der Waals surface area contributed by atoms with Crippen LogP contribution in [0, 0.1) is 0 Å². The number of anilines is 1. The van der Waals surface area contributed by atoms with Gasteiger partial charge in [0.1, 0.15) is 5.75 Å². The molecule has 0 saturated heterocycles. The summed E-state index contributed by atoms with van der Waals surface area (Å²) >= 11 is 3.38. The minimum Gasteiger partial charge on any atom is -0.482 e. The summed E-state index contributed by atoms with van der Waals surface area (Å²) in [6.07, 6.45) is 0. The molecule has 2 aromatic carbocycles. The van der Waals surface area contributed by atoms with E-state index in [4.69, 9.17) is 4.74 Å². The summed E-state index contributed by atoms with van der Waals surface area (Å²) < 4.78 is 6.89. The Morgan fingerprint density at radius 3 is 2.81 bits per heavy atom. The van der Waals surface area contributed by atoms with E-state index < -0.39 is 8.07 Å². The first-order valence-electron chi connectivity index (χ1n) is 10.4. The third kappa shape index (κ3) is 5.22. The van der Waals surface area contributed by atoms with Gasteiger partial charge in [-0.15, -0.1) is 23.1 Å². The summed E-state index contributed by atoms with van der Waals surface area (Å²) in [5.41, 5.74) is 2.65. The molecule has 1 aliphatic rings. The number of hydrogen-bond acceptors (Lipinski definition) is 5. The quantitative estimate of drug-likeness (QED) is 0.296. The zero-order valence-electron chi connectivity index (χ0n) is 18.1. The van der Waals surface area contributed by atoms with E-state index >= 15 is 0 Å². The van der Waals surface area contributed by atoms with Gasteiger partial charge in [0.25, 0.3) is 5.91 Å². The van der Waals surface area contributed by atoms with Gasteiger partial charge in [-0.3, -0.25) is 9.59 Å². The maximum absolute atomic E-state index is 12.9. The van der Waals surface area contributed by atoms with Crippen molar-refractivity contribution in [2.45, 2.75) is 31.4 Å². The Morgan fingerprint density at radius 2 is 2.00 bits per heavy atom. The molecule has 0 spiro atoms. The van der Waals surface area contributed by atoms with Crippen LogP contribution in [0.4, 0.5) is 5.69 Å². The molecule has 31 heavy (non-hydrogen) atoms. The highest BCUT2D eigenvalue weighted by atomic mass is 32.2. The lowest BCUT2D eigenvalue weighted by atomic mass is 10.1. The Morgan fingerprint density at radius 1 is 1.19 bits per heavy atom. The smallest absolute Gasteiger partial charge is 0.265 e. The lowest BCUT2D eigenvalue weighted by Gasteiger charge is -2.31. The number of hydrogen-bond donors (Lipinski definition) is 0. The van der Waals surface area contributed by atoms with Crippen molar-refractivity contribution in [2.24, 2.45) is 0 Å².